The number of carboxylic acid groups (broad SMARTS) is 1. The highest BCUT2D eigenvalue weighted by Crippen LogP contribution is 2.23. The van der Waals surface area contributed by atoms with Crippen molar-refractivity contribution in [2.24, 2.45) is 5.92 Å². The third kappa shape index (κ3) is 3.02. The molecule has 0 atom stereocenters. The maximum atomic E-state index is 10.4. The van der Waals surface area contributed by atoms with E-state index >= 15 is 0 Å². The molecule has 0 amide bonds. The van der Waals surface area contributed by atoms with Gasteiger partial charge in [-0.05, 0) is 19.8 Å². The second-order valence-corrected chi connectivity index (χ2v) is 4.42. The summed E-state index contributed by atoms with van der Waals surface area (Å²) in [5.74, 6) is 0.270. The first kappa shape index (κ1) is 12.6. The zero-order valence-electron chi connectivity index (χ0n) is 10.3. The van der Waals surface area contributed by atoms with E-state index in [9.17, 15) is 4.79 Å². The van der Waals surface area contributed by atoms with Gasteiger partial charge in [0.2, 0.25) is 0 Å². The van der Waals surface area contributed by atoms with Crippen LogP contribution in [0.5, 0.6) is 5.75 Å². The van der Waals surface area contributed by atoms with Gasteiger partial charge < -0.3 is 14.4 Å². The fourth-order valence-electron chi connectivity index (χ4n) is 1.70. The van der Waals surface area contributed by atoms with Gasteiger partial charge in [-0.25, -0.2) is 4.79 Å². The summed E-state index contributed by atoms with van der Waals surface area (Å²) >= 11 is 0. The second kappa shape index (κ2) is 5.05. The lowest BCUT2D eigenvalue weighted by Gasteiger charge is -2.12. The second-order valence-electron chi connectivity index (χ2n) is 4.42. The monoisotopic (exact) mass is 225 g/mol. The van der Waals surface area contributed by atoms with Crippen LogP contribution in [0, 0.1) is 19.8 Å². The van der Waals surface area contributed by atoms with Gasteiger partial charge in [0.05, 0.1) is 5.69 Å². The van der Waals surface area contributed by atoms with Gasteiger partial charge >= 0.3 is 5.97 Å². The predicted molar refractivity (Wildman–Crippen MR) is 61.9 cm³/mol. The number of aryl methyl sites for hydroxylation is 1. The van der Waals surface area contributed by atoms with Gasteiger partial charge in [-0.2, -0.15) is 0 Å². The summed E-state index contributed by atoms with van der Waals surface area (Å²) < 4.78 is 7.38. The number of rotatable bonds is 5. The molecule has 0 saturated heterocycles. The number of nitrogens with zero attached hydrogens (tertiary/aromatic N) is 1. The highest BCUT2D eigenvalue weighted by atomic mass is 16.5. The van der Waals surface area contributed by atoms with E-state index < -0.39 is 5.97 Å². The van der Waals surface area contributed by atoms with Gasteiger partial charge in [0.1, 0.15) is 5.75 Å². The van der Waals surface area contributed by atoms with Crippen molar-refractivity contribution < 1.29 is 14.6 Å². The molecule has 16 heavy (non-hydrogen) atoms. The topological polar surface area (TPSA) is 51.5 Å². The minimum absolute atomic E-state index is 0.286. The van der Waals surface area contributed by atoms with Crippen LogP contribution in [0.15, 0.2) is 6.07 Å². The molecule has 0 aliphatic carbocycles. The van der Waals surface area contributed by atoms with Crippen molar-refractivity contribution >= 4 is 5.97 Å². The maximum Gasteiger partial charge on any atom is 0.341 e. The predicted octanol–water partition coefficient (Wildman–Crippen LogP) is 2.22. The Kier molecular flexibility index (Phi) is 3.99. The Bertz CT molecular complexity index is 380. The lowest BCUT2D eigenvalue weighted by molar-refractivity contribution is -0.139. The Labute approximate surface area is 95.8 Å². The summed E-state index contributed by atoms with van der Waals surface area (Å²) in [6, 6.07) is 1.89. The molecule has 0 aromatic carbocycles. The number of carbonyl (C=O) groups is 1. The SMILES string of the molecule is Cc1cc(OCC(=O)O)c(C)n1CC(C)C. The molecule has 0 bridgehead atoms. The van der Waals surface area contributed by atoms with Crippen molar-refractivity contribution in [2.75, 3.05) is 6.61 Å². The highest BCUT2D eigenvalue weighted by Gasteiger charge is 2.11. The van der Waals surface area contributed by atoms with Crippen molar-refractivity contribution in [3.05, 3.63) is 17.5 Å². The summed E-state index contributed by atoms with van der Waals surface area (Å²) in [6.45, 7) is 8.89. The quantitative estimate of drug-likeness (QED) is 0.836. The Balaban J connectivity index is 2.84. The van der Waals surface area contributed by atoms with Gasteiger partial charge in [0.25, 0.3) is 0 Å². The molecule has 0 radical (unpaired) electrons. The minimum atomic E-state index is -0.950. The van der Waals surface area contributed by atoms with Crippen molar-refractivity contribution in [3.8, 4) is 5.75 Å². The van der Waals surface area contributed by atoms with E-state index in [-0.39, 0.29) is 6.61 Å². The molecular weight excluding hydrogens is 206 g/mol. The lowest BCUT2D eigenvalue weighted by Crippen LogP contribution is -2.11. The van der Waals surface area contributed by atoms with Gasteiger partial charge in [0.15, 0.2) is 6.61 Å². The van der Waals surface area contributed by atoms with Crippen molar-refractivity contribution in [1.29, 1.82) is 0 Å². The molecule has 0 aliphatic rings. The Hall–Kier alpha value is -1.45. The average Bonchev–Trinajstić information content (AvgIpc) is 2.42. The number of hydrogen-bond donors (Lipinski definition) is 1. The molecule has 1 aromatic rings. The smallest absolute Gasteiger partial charge is 0.341 e. The molecule has 1 heterocycles. The first-order valence-electron chi connectivity index (χ1n) is 5.43. The molecule has 0 unspecified atom stereocenters. The molecule has 0 spiro atoms. The molecule has 4 nitrogen and oxygen atoms in total. The van der Waals surface area contributed by atoms with Crippen LogP contribution in [-0.2, 0) is 11.3 Å². The normalized spacial score (nSPS) is 10.8. The van der Waals surface area contributed by atoms with Gasteiger partial charge in [0, 0.05) is 18.3 Å². The number of ether oxygens (including phenoxy) is 1. The van der Waals surface area contributed by atoms with Crippen LogP contribution >= 0.6 is 0 Å². The first-order chi connectivity index (χ1) is 7.41. The average molecular weight is 225 g/mol. The minimum Gasteiger partial charge on any atom is -0.480 e. The van der Waals surface area contributed by atoms with Crippen molar-refractivity contribution in [3.63, 3.8) is 0 Å². The summed E-state index contributed by atoms with van der Waals surface area (Å²) in [6.07, 6.45) is 0. The van der Waals surface area contributed by atoms with Crippen LogP contribution in [0.2, 0.25) is 0 Å². The largest absolute Gasteiger partial charge is 0.480 e. The fraction of sp³-hybridized carbons (Fsp3) is 0.583. The number of carboxylic acids is 1. The molecule has 0 aliphatic heterocycles. The van der Waals surface area contributed by atoms with E-state index in [1.165, 1.54) is 0 Å². The van der Waals surface area contributed by atoms with Crippen molar-refractivity contribution in [1.82, 2.24) is 4.57 Å². The molecule has 0 saturated carbocycles. The van der Waals surface area contributed by atoms with Crippen LogP contribution in [0.1, 0.15) is 25.2 Å². The zero-order valence-corrected chi connectivity index (χ0v) is 10.3. The molecule has 90 valence electrons. The molecule has 1 N–H and O–H groups in total. The molecule has 0 fully saturated rings. The van der Waals surface area contributed by atoms with Gasteiger partial charge in [-0.3, -0.25) is 0 Å². The Morgan fingerprint density at radius 1 is 1.50 bits per heavy atom. The fourth-order valence-corrected chi connectivity index (χ4v) is 1.70. The van der Waals surface area contributed by atoms with Crippen LogP contribution in [-0.4, -0.2) is 22.2 Å². The summed E-state index contributed by atoms with van der Waals surface area (Å²) in [4.78, 5) is 10.4. The Morgan fingerprint density at radius 2 is 2.12 bits per heavy atom. The van der Waals surface area contributed by atoms with E-state index in [0.717, 1.165) is 17.9 Å². The first-order valence-corrected chi connectivity index (χ1v) is 5.43. The highest BCUT2D eigenvalue weighted by molar-refractivity contribution is 5.68. The van der Waals surface area contributed by atoms with E-state index in [4.69, 9.17) is 9.84 Å². The van der Waals surface area contributed by atoms with E-state index in [0.29, 0.717) is 11.7 Å². The van der Waals surface area contributed by atoms with Gasteiger partial charge in [-0.1, -0.05) is 13.8 Å². The standard InChI is InChI=1S/C12H19NO3/c1-8(2)6-13-9(3)5-11(10(13)4)16-7-12(14)15/h5,8H,6-7H2,1-4H3,(H,14,15). The van der Waals surface area contributed by atoms with E-state index in [1.807, 2.05) is 19.9 Å². The van der Waals surface area contributed by atoms with E-state index in [1.54, 1.807) is 0 Å². The summed E-state index contributed by atoms with van der Waals surface area (Å²) in [5.41, 5.74) is 2.10. The van der Waals surface area contributed by atoms with Crippen LogP contribution in [0.4, 0.5) is 0 Å². The maximum absolute atomic E-state index is 10.4. The van der Waals surface area contributed by atoms with Crippen LogP contribution in [0.25, 0.3) is 0 Å². The summed E-state index contributed by atoms with van der Waals surface area (Å²) in [7, 11) is 0. The third-order valence-corrected chi connectivity index (χ3v) is 2.43. The molecule has 1 aromatic heterocycles. The molecule has 1 rings (SSSR count). The molecule has 4 heteroatoms. The zero-order chi connectivity index (χ0) is 12.3. The number of hydrogen-bond acceptors (Lipinski definition) is 2. The van der Waals surface area contributed by atoms with Crippen LogP contribution < -0.4 is 4.74 Å². The number of aromatic nitrogens is 1. The van der Waals surface area contributed by atoms with Crippen LogP contribution in [0.3, 0.4) is 0 Å². The molecular formula is C12H19NO3. The lowest BCUT2D eigenvalue weighted by atomic mass is 10.2. The van der Waals surface area contributed by atoms with Gasteiger partial charge in [-0.15, -0.1) is 0 Å². The number of aliphatic carboxylic acids is 1. The van der Waals surface area contributed by atoms with E-state index in [2.05, 4.69) is 18.4 Å². The third-order valence-electron chi connectivity index (χ3n) is 2.43. The Morgan fingerprint density at radius 3 is 2.62 bits per heavy atom. The summed E-state index contributed by atoms with van der Waals surface area (Å²) in [5, 5.41) is 8.56. The van der Waals surface area contributed by atoms with Crippen molar-refractivity contribution in [2.45, 2.75) is 34.2 Å².